The van der Waals surface area contributed by atoms with Gasteiger partial charge in [-0.25, -0.2) is 4.39 Å². The van der Waals surface area contributed by atoms with E-state index in [4.69, 9.17) is 11.6 Å². The Balaban J connectivity index is 2.65. The van der Waals surface area contributed by atoms with Gasteiger partial charge in [0.25, 0.3) is 0 Å². The van der Waals surface area contributed by atoms with E-state index < -0.39 is 0 Å². The van der Waals surface area contributed by atoms with Crippen molar-refractivity contribution >= 4 is 17.5 Å². The molecule has 2 nitrogen and oxygen atoms in total. The van der Waals surface area contributed by atoms with Gasteiger partial charge in [0.15, 0.2) is 0 Å². The summed E-state index contributed by atoms with van der Waals surface area (Å²) in [4.78, 5) is 13.4. The Morgan fingerprint density at radius 2 is 2.00 bits per heavy atom. The minimum Gasteiger partial charge on any atom is -0.339 e. The molecule has 1 unspecified atom stereocenters. The third-order valence-electron chi connectivity index (χ3n) is 2.85. The van der Waals surface area contributed by atoms with Crippen molar-refractivity contribution in [3.05, 3.63) is 35.6 Å². The van der Waals surface area contributed by atoms with Crippen LogP contribution in [0.4, 0.5) is 4.39 Å². The molecule has 1 aromatic rings. The summed E-state index contributed by atoms with van der Waals surface area (Å²) >= 11 is 5.55. The molecule has 0 saturated heterocycles. The SMILES string of the molecule is CC(c1ccc(F)cc1)N(C)C(=O)CCCCl. The molecule has 4 heteroatoms. The van der Waals surface area contributed by atoms with Crippen molar-refractivity contribution in [1.82, 2.24) is 4.90 Å². The monoisotopic (exact) mass is 257 g/mol. The molecule has 0 N–H and O–H groups in total. The van der Waals surface area contributed by atoms with Crippen LogP contribution in [0.15, 0.2) is 24.3 Å². The Morgan fingerprint density at radius 3 is 2.53 bits per heavy atom. The molecular weight excluding hydrogens is 241 g/mol. The molecule has 1 rings (SSSR count). The number of carbonyl (C=O) groups excluding carboxylic acids is 1. The molecule has 0 radical (unpaired) electrons. The van der Waals surface area contributed by atoms with Crippen LogP contribution in [0, 0.1) is 5.82 Å². The predicted octanol–water partition coefficient (Wildman–Crippen LogP) is 3.36. The van der Waals surface area contributed by atoms with Gasteiger partial charge < -0.3 is 4.90 Å². The molecule has 1 atom stereocenters. The smallest absolute Gasteiger partial charge is 0.222 e. The number of nitrogens with zero attached hydrogens (tertiary/aromatic N) is 1. The molecule has 0 saturated carbocycles. The van der Waals surface area contributed by atoms with E-state index in [1.165, 1.54) is 12.1 Å². The number of benzene rings is 1. The van der Waals surface area contributed by atoms with Gasteiger partial charge in [-0.1, -0.05) is 12.1 Å². The van der Waals surface area contributed by atoms with E-state index in [0.29, 0.717) is 18.7 Å². The van der Waals surface area contributed by atoms with E-state index in [2.05, 4.69) is 0 Å². The number of amides is 1. The maximum absolute atomic E-state index is 12.8. The van der Waals surface area contributed by atoms with Crippen LogP contribution in [0.3, 0.4) is 0 Å². The van der Waals surface area contributed by atoms with E-state index in [9.17, 15) is 9.18 Å². The van der Waals surface area contributed by atoms with Crippen LogP contribution in [0.25, 0.3) is 0 Å². The number of alkyl halides is 1. The lowest BCUT2D eigenvalue weighted by atomic mass is 10.1. The highest BCUT2D eigenvalue weighted by Gasteiger charge is 2.16. The fraction of sp³-hybridized carbons (Fsp3) is 0.462. The van der Waals surface area contributed by atoms with Crippen molar-refractivity contribution in [2.24, 2.45) is 0 Å². The third kappa shape index (κ3) is 4.00. The lowest BCUT2D eigenvalue weighted by Crippen LogP contribution is -2.29. The highest BCUT2D eigenvalue weighted by Crippen LogP contribution is 2.19. The van der Waals surface area contributed by atoms with Crippen LogP contribution in [0.5, 0.6) is 0 Å². The van der Waals surface area contributed by atoms with Crippen LogP contribution in [-0.2, 0) is 4.79 Å². The molecule has 0 bridgehead atoms. The predicted molar refractivity (Wildman–Crippen MR) is 67.5 cm³/mol. The lowest BCUT2D eigenvalue weighted by Gasteiger charge is -2.25. The van der Waals surface area contributed by atoms with Crippen molar-refractivity contribution in [1.29, 1.82) is 0 Å². The largest absolute Gasteiger partial charge is 0.339 e. The number of rotatable bonds is 5. The van der Waals surface area contributed by atoms with Crippen LogP contribution in [-0.4, -0.2) is 23.7 Å². The highest BCUT2D eigenvalue weighted by atomic mass is 35.5. The zero-order chi connectivity index (χ0) is 12.8. The van der Waals surface area contributed by atoms with Gasteiger partial charge >= 0.3 is 0 Å². The van der Waals surface area contributed by atoms with Gasteiger partial charge in [-0.2, -0.15) is 0 Å². The Morgan fingerprint density at radius 1 is 1.41 bits per heavy atom. The molecule has 0 aliphatic carbocycles. The quantitative estimate of drug-likeness (QED) is 0.741. The maximum atomic E-state index is 12.8. The summed E-state index contributed by atoms with van der Waals surface area (Å²) in [5.41, 5.74) is 0.924. The Hall–Kier alpha value is -1.09. The average molecular weight is 258 g/mol. The topological polar surface area (TPSA) is 20.3 Å². The number of halogens is 2. The van der Waals surface area contributed by atoms with Crippen LogP contribution in [0.2, 0.25) is 0 Å². The van der Waals surface area contributed by atoms with Gasteiger partial charge in [0.2, 0.25) is 5.91 Å². The zero-order valence-corrected chi connectivity index (χ0v) is 10.9. The summed E-state index contributed by atoms with van der Waals surface area (Å²) in [7, 11) is 1.75. The fourth-order valence-electron chi connectivity index (χ4n) is 1.58. The normalized spacial score (nSPS) is 12.2. The molecule has 0 heterocycles. The third-order valence-corrected chi connectivity index (χ3v) is 3.12. The van der Waals surface area contributed by atoms with E-state index in [0.717, 1.165) is 5.56 Å². The molecule has 0 aromatic heterocycles. The first-order valence-electron chi connectivity index (χ1n) is 5.63. The number of carbonyl (C=O) groups is 1. The Kier molecular flexibility index (Phi) is 5.42. The summed E-state index contributed by atoms with van der Waals surface area (Å²) in [6, 6.07) is 6.15. The highest BCUT2D eigenvalue weighted by molar-refractivity contribution is 6.17. The van der Waals surface area contributed by atoms with Crippen molar-refractivity contribution < 1.29 is 9.18 Å². The van der Waals surface area contributed by atoms with Gasteiger partial charge in [0.05, 0.1) is 6.04 Å². The van der Waals surface area contributed by atoms with Gasteiger partial charge in [-0.05, 0) is 31.0 Å². The van der Waals surface area contributed by atoms with Crippen LogP contribution >= 0.6 is 11.6 Å². The molecule has 17 heavy (non-hydrogen) atoms. The van der Waals surface area contributed by atoms with Crippen molar-refractivity contribution in [3.63, 3.8) is 0 Å². The molecular formula is C13H17ClFNO. The molecule has 94 valence electrons. The van der Waals surface area contributed by atoms with Crippen molar-refractivity contribution in [2.45, 2.75) is 25.8 Å². The lowest BCUT2D eigenvalue weighted by molar-refractivity contribution is -0.131. The molecule has 1 aromatic carbocycles. The minimum absolute atomic E-state index is 0.0570. The fourth-order valence-corrected chi connectivity index (χ4v) is 1.71. The summed E-state index contributed by atoms with van der Waals surface area (Å²) in [6.07, 6.45) is 1.13. The first-order valence-corrected chi connectivity index (χ1v) is 6.16. The summed E-state index contributed by atoms with van der Waals surface area (Å²) in [6.45, 7) is 1.92. The standard InChI is InChI=1S/C13H17ClFNO/c1-10(11-5-7-12(15)8-6-11)16(2)13(17)4-3-9-14/h5-8,10H,3-4,9H2,1-2H3. The second-order valence-electron chi connectivity index (χ2n) is 4.02. The van der Waals surface area contributed by atoms with E-state index >= 15 is 0 Å². The van der Waals surface area contributed by atoms with Crippen LogP contribution in [0.1, 0.15) is 31.4 Å². The summed E-state index contributed by atoms with van der Waals surface area (Å²) in [5, 5.41) is 0. The van der Waals surface area contributed by atoms with Crippen LogP contribution < -0.4 is 0 Å². The van der Waals surface area contributed by atoms with Gasteiger partial charge in [-0.3, -0.25) is 4.79 Å². The van der Waals surface area contributed by atoms with E-state index in [-0.39, 0.29) is 17.8 Å². The molecule has 1 amide bonds. The average Bonchev–Trinajstić information content (AvgIpc) is 2.35. The second kappa shape index (κ2) is 6.60. The number of hydrogen-bond acceptors (Lipinski definition) is 1. The zero-order valence-electron chi connectivity index (χ0n) is 10.1. The van der Waals surface area contributed by atoms with Crippen molar-refractivity contribution in [2.75, 3.05) is 12.9 Å². The summed E-state index contributed by atoms with van der Waals surface area (Å²) in [5.74, 6) is 0.282. The van der Waals surface area contributed by atoms with Gasteiger partial charge in [0.1, 0.15) is 5.82 Å². The Bertz CT molecular complexity index is 366. The first-order chi connectivity index (χ1) is 8.06. The van der Waals surface area contributed by atoms with Crippen molar-refractivity contribution in [3.8, 4) is 0 Å². The minimum atomic E-state index is -0.267. The van der Waals surface area contributed by atoms with E-state index in [1.54, 1.807) is 24.1 Å². The molecule has 0 aliphatic rings. The molecule has 0 fully saturated rings. The summed E-state index contributed by atoms with van der Waals surface area (Å²) < 4.78 is 12.8. The van der Waals surface area contributed by atoms with Gasteiger partial charge in [-0.15, -0.1) is 11.6 Å². The Labute approximate surface area is 106 Å². The molecule has 0 spiro atoms. The second-order valence-corrected chi connectivity index (χ2v) is 4.40. The first kappa shape index (κ1) is 14.0. The van der Waals surface area contributed by atoms with E-state index in [1.807, 2.05) is 6.92 Å². The molecule has 0 aliphatic heterocycles. The van der Waals surface area contributed by atoms with Gasteiger partial charge in [0, 0.05) is 19.3 Å². The maximum Gasteiger partial charge on any atom is 0.222 e. The number of hydrogen-bond donors (Lipinski definition) is 0.